The molecule has 0 saturated carbocycles. The molecular weight excluding hydrogens is 255 g/mol. The molecule has 0 aromatic heterocycles. The third kappa shape index (κ3) is 3.47. The van der Waals surface area contributed by atoms with Crippen LogP contribution in [0.25, 0.3) is 5.57 Å². The average molecular weight is 269 g/mol. The number of allylic oxidation sites excluding steroid dienone is 1. The number of halogens is 2. The lowest BCUT2D eigenvalue weighted by molar-refractivity contribution is 0.612. The quantitative estimate of drug-likeness (QED) is 0.793. The molecule has 0 bridgehead atoms. The fraction of sp³-hybridized carbons (Fsp3) is 0.308. The van der Waals surface area contributed by atoms with Crippen molar-refractivity contribution in [1.29, 1.82) is 5.26 Å². The first-order chi connectivity index (χ1) is 7.81. The van der Waals surface area contributed by atoms with E-state index in [9.17, 15) is 5.26 Å². The molecule has 90 valence electrons. The molecular formula is C13H14Cl2N2. The summed E-state index contributed by atoms with van der Waals surface area (Å²) in [5.41, 5.74) is 3.05. The lowest BCUT2D eigenvalue weighted by Gasteiger charge is -2.17. The van der Waals surface area contributed by atoms with Gasteiger partial charge in [-0.15, -0.1) is 12.4 Å². The summed E-state index contributed by atoms with van der Waals surface area (Å²) in [5, 5.41) is 13.2. The smallest absolute Gasteiger partial charge is 0.0997 e. The van der Waals surface area contributed by atoms with Crippen LogP contribution >= 0.6 is 24.0 Å². The second-order valence-electron chi connectivity index (χ2n) is 3.85. The van der Waals surface area contributed by atoms with Gasteiger partial charge in [-0.3, -0.25) is 0 Å². The van der Waals surface area contributed by atoms with Crippen molar-refractivity contribution in [3.63, 3.8) is 0 Å². The molecule has 1 aromatic rings. The van der Waals surface area contributed by atoms with E-state index in [-0.39, 0.29) is 12.4 Å². The zero-order valence-electron chi connectivity index (χ0n) is 9.37. The molecule has 2 nitrogen and oxygen atoms in total. The van der Waals surface area contributed by atoms with Crippen LogP contribution in [0.1, 0.15) is 18.4 Å². The monoisotopic (exact) mass is 268 g/mol. The van der Waals surface area contributed by atoms with Crippen LogP contribution in [0.3, 0.4) is 0 Å². The maximum Gasteiger partial charge on any atom is 0.0997 e. The molecule has 0 radical (unpaired) electrons. The highest BCUT2D eigenvalue weighted by molar-refractivity contribution is 6.30. The maximum absolute atomic E-state index is 9.24. The van der Waals surface area contributed by atoms with Gasteiger partial charge in [0.2, 0.25) is 0 Å². The highest BCUT2D eigenvalue weighted by Crippen LogP contribution is 2.25. The first kappa shape index (κ1) is 14.1. The summed E-state index contributed by atoms with van der Waals surface area (Å²) < 4.78 is 0. The van der Waals surface area contributed by atoms with Crippen molar-refractivity contribution in [1.82, 2.24) is 5.32 Å². The number of nitrogens with zero attached hydrogens (tertiary/aromatic N) is 1. The molecule has 1 aromatic carbocycles. The van der Waals surface area contributed by atoms with E-state index in [1.54, 1.807) is 0 Å². The summed E-state index contributed by atoms with van der Waals surface area (Å²) in [5.74, 6) is 0. The Morgan fingerprint density at radius 3 is 2.29 bits per heavy atom. The number of benzene rings is 1. The van der Waals surface area contributed by atoms with Gasteiger partial charge in [-0.25, -0.2) is 0 Å². The van der Waals surface area contributed by atoms with Crippen LogP contribution in [-0.4, -0.2) is 13.1 Å². The van der Waals surface area contributed by atoms with Gasteiger partial charge in [0, 0.05) is 5.02 Å². The molecule has 17 heavy (non-hydrogen) atoms. The van der Waals surface area contributed by atoms with Gasteiger partial charge in [0.1, 0.15) is 0 Å². The summed E-state index contributed by atoms with van der Waals surface area (Å²) >= 11 is 5.84. The van der Waals surface area contributed by atoms with Crippen molar-refractivity contribution >= 4 is 29.6 Å². The second-order valence-corrected chi connectivity index (χ2v) is 4.28. The number of hydrogen-bond donors (Lipinski definition) is 1. The summed E-state index contributed by atoms with van der Waals surface area (Å²) in [7, 11) is 0. The topological polar surface area (TPSA) is 35.8 Å². The third-order valence-electron chi connectivity index (χ3n) is 2.81. The van der Waals surface area contributed by atoms with Crippen LogP contribution in [-0.2, 0) is 0 Å². The van der Waals surface area contributed by atoms with Crippen LogP contribution < -0.4 is 5.32 Å². The molecule has 1 fully saturated rings. The van der Waals surface area contributed by atoms with Gasteiger partial charge in [0.05, 0.1) is 11.6 Å². The summed E-state index contributed by atoms with van der Waals surface area (Å²) in [6.45, 7) is 1.93. The zero-order chi connectivity index (χ0) is 11.4. The van der Waals surface area contributed by atoms with E-state index in [1.165, 1.54) is 5.57 Å². The van der Waals surface area contributed by atoms with E-state index in [0.717, 1.165) is 37.1 Å². The summed E-state index contributed by atoms with van der Waals surface area (Å²) in [6.07, 6.45) is 1.93. The predicted molar refractivity (Wildman–Crippen MR) is 73.3 cm³/mol. The first-order valence-corrected chi connectivity index (χ1v) is 5.78. The first-order valence-electron chi connectivity index (χ1n) is 5.40. The number of nitriles is 1. The Balaban J connectivity index is 0.00000144. The second kappa shape index (κ2) is 6.66. The number of rotatable bonds is 1. The zero-order valence-corrected chi connectivity index (χ0v) is 10.9. The molecule has 1 saturated heterocycles. The Bertz CT molecular complexity index is 435. The van der Waals surface area contributed by atoms with E-state index in [2.05, 4.69) is 11.4 Å². The van der Waals surface area contributed by atoms with Gasteiger partial charge in [0.15, 0.2) is 0 Å². The highest BCUT2D eigenvalue weighted by atomic mass is 35.5. The van der Waals surface area contributed by atoms with Crippen molar-refractivity contribution in [3.8, 4) is 6.07 Å². The molecule has 0 amide bonds. The van der Waals surface area contributed by atoms with Gasteiger partial charge in [-0.05, 0) is 49.2 Å². The van der Waals surface area contributed by atoms with Crippen molar-refractivity contribution in [3.05, 3.63) is 40.4 Å². The number of nitrogens with one attached hydrogen (secondary N) is 1. The molecule has 1 aliphatic rings. The molecule has 0 atom stereocenters. The van der Waals surface area contributed by atoms with E-state index in [1.807, 2.05) is 24.3 Å². The lowest BCUT2D eigenvalue weighted by Crippen LogP contribution is -2.23. The number of hydrogen-bond acceptors (Lipinski definition) is 2. The van der Waals surface area contributed by atoms with Crippen LogP contribution in [0.2, 0.25) is 5.02 Å². The van der Waals surface area contributed by atoms with Gasteiger partial charge < -0.3 is 5.32 Å². The third-order valence-corrected chi connectivity index (χ3v) is 3.06. The van der Waals surface area contributed by atoms with Crippen molar-refractivity contribution in [2.24, 2.45) is 0 Å². The summed E-state index contributed by atoms with van der Waals surface area (Å²) in [4.78, 5) is 0. The molecule has 1 heterocycles. The average Bonchev–Trinajstić information content (AvgIpc) is 2.34. The minimum Gasteiger partial charge on any atom is -0.316 e. The van der Waals surface area contributed by atoms with E-state index >= 15 is 0 Å². The van der Waals surface area contributed by atoms with Crippen molar-refractivity contribution in [2.45, 2.75) is 12.8 Å². The predicted octanol–water partition coefficient (Wildman–Crippen LogP) is 3.42. The molecule has 1 aliphatic heterocycles. The van der Waals surface area contributed by atoms with Crippen molar-refractivity contribution < 1.29 is 0 Å². The van der Waals surface area contributed by atoms with Crippen LogP contribution in [0.5, 0.6) is 0 Å². The minimum atomic E-state index is 0. The normalized spacial score (nSPS) is 14.7. The Morgan fingerprint density at radius 2 is 1.76 bits per heavy atom. The Hall–Kier alpha value is -1.01. The molecule has 0 spiro atoms. The SMILES string of the molecule is Cl.N#CC(=C1CCNCC1)c1ccc(Cl)cc1. The molecule has 2 rings (SSSR count). The molecule has 0 aliphatic carbocycles. The maximum atomic E-state index is 9.24. The largest absolute Gasteiger partial charge is 0.316 e. The lowest BCUT2D eigenvalue weighted by atomic mass is 9.95. The minimum absolute atomic E-state index is 0. The van der Waals surface area contributed by atoms with Crippen LogP contribution in [0.15, 0.2) is 29.8 Å². The molecule has 4 heteroatoms. The van der Waals surface area contributed by atoms with E-state index in [4.69, 9.17) is 11.6 Å². The molecule has 1 N–H and O–H groups in total. The number of piperidine rings is 1. The fourth-order valence-corrected chi connectivity index (χ4v) is 2.07. The van der Waals surface area contributed by atoms with E-state index < -0.39 is 0 Å². The van der Waals surface area contributed by atoms with Gasteiger partial charge in [-0.1, -0.05) is 23.7 Å². The summed E-state index contributed by atoms with van der Waals surface area (Å²) in [6, 6.07) is 9.80. The highest BCUT2D eigenvalue weighted by Gasteiger charge is 2.12. The fourth-order valence-electron chi connectivity index (χ4n) is 1.94. The Kier molecular flexibility index (Phi) is 5.50. The molecule has 0 unspecified atom stereocenters. The van der Waals surface area contributed by atoms with Gasteiger partial charge in [0.25, 0.3) is 0 Å². The van der Waals surface area contributed by atoms with Crippen LogP contribution in [0.4, 0.5) is 0 Å². The Morgan fingerprint density at radius 1 is 1.18 bits per heavy atom. The van der Waals surface area contributed by atoms with Gasteiger partial charge >= 0.3 is 0 Å². The van der Waals surface area contributed by atoms with Gasteiger partial charge in [-0.2, -0.15) is 5.26 Å². The van der Waals surface area contributed by atoms with E-state index in [0.29, 0.717) is 5.02 Å². The van der Waals surface area contributed by atoms with Crippen molar-refractivity contribution in [2.75, 3.05) is 13.1 Å². The van der Waals surface area contributed by atoms with Crippen LogP contribution in [0, 0.1) is 11.3 Å². The standard InChI is InChI=1S/C13H13ClN2.ClH/c14-12-3-1-10(2-4-12)13(9-15)11-5-7-16-8-6-11;/h1-4,16H,5-8H2;1H. The Labute approximate surface area is 113 Å².